The first-order valence-electron chi connectivity index (χ1n) is 34.5. The van der Waals surface area contributed by atoms with E-state index in [9.17, 15) is 0 Å². The molecule has 0 unspecified atom stereocenters. The van der Waals surface area contributed by atoms with Gasteiger partial charge in [-0.2, -0.15) is 0 Å². The van der Waals surface area contributed by atoms with E-state index < -0.39 is 0 Å². The fourth-order valence-corrected chi connectivity index (χ4v) is 15.4. The number of nitrogens with zero attached hydrogens (tertiary/aromatic N) is 5. The van der Waals surface area contributed by atoms with Crippen molar-refractivity contribution in [1.29, 1.82) is 0 Å². The maximum Gasteiger partial charge on any atom is 0.252 e. The second kappa shape index (κ2) is 21.7. The number of rotatable bonds is 8. The summed E-state index contributed by atoms with van der Waals surface area (Å²) >= 11 is 0. The van der Waals surface area contributed by atoms with Crippen LogP contribution < -0.4 is 36.0 Å². The lowest BCUT2D eigenvalue weighted by Gasteiger charge is -2.47. The van der Waals surface area contributed by atoms with Gasteiger partial charge in [-0.15, -0.1) is 0 Å². The van der Waals surface area contributed by atoms with Crippen LogP contribution in [-0.4, -0.2) is 11.3 Å². The Balaban J connectivity index is 1.04. The van der Waals surface area contributed by atoms with Crippen LogP contribution in [-0.2, 0) is 27.1 Å². The van der Waals surface area contributed by atoms with Crippen LogP contribution in [0.5, 0.6) is 0 Å². The van der Waals surface area contributed by atoms with Gasteiger partial charge in [0, 0.05) is 62.0 Å². The monoisotopic (exact) mass is 1250 g/mol. The van der Waals surface area contributed by atoms with Crippen molar-refractivity contribution in [2.24, 2.45) is 0 Å². The molecule has 13 aromatic rings. The van der Waals surface area contributed by atoms with Gasteiger partial charge in [-0.25, -0.2) is 0 Å². The van der Waals surface area contributed by atoms with Crippen LogP contribution in [0, 0.1) is 0 Å². The second-order valence-electron chi connectivity index (χ2n) is 32.4. The molecule has 0 radical (unpaired) electrons. The third kappa shape index (κ3) is 10.0. The molecular weight excluding hydrogens is 1160 g/mol. The molecule has 0 fully saturated rings. The van der Waals surface area contributed by atoms with E-state index in [0.717, 1.165) is 51.2 Å². The molecule has 0 atom stereocenters. The van der Waals surface area contributed by atoms with E-state index in [0.29, 0.717) is 0 Å². The highest BCUT2D eigenvalue weighted by atomic mass is 15.2. The lowest BCUT2D eigenvalue weighted by molar-refractivity contribution is 0.590. The van der Waals surface area contributed by atoms with E-state index in [4.69, 9.17) is 0 Å². The van der Waals surface area contributed by atoms with E-state index >= 15 is 0 Å². The van der Waals surface area contributed by atoms with Crippen molar-refractivity contribution >= 4 is 124 Å². The summed E-state index contributed by atoms with van der Waals surface area (Å²) in [6, 6.07) is 95.5. The summed E-state index contributed by atoms with van der Waals surface area (Å²) < 4.78 is 2.66. The van der Waals surface area contributed by atoms with Gasteiger partial charge in [0.05, 0.1) is 33.8 Å². The summed E-state index contributed by atoms with van der Waals surface area (Å²) in [6.45, 7) is 35.0. The second-order valence-corrected chi connectivity index (χ2v) is 32.4. The molecule has 1 aromatic heterocycles. The normalized spacial score (nSPS) is 13.5. The number of para-hydroxylation sites is 2. The van der Waals surface area contributed by atoms with Gasteiger partial charge in [0.15, 0.2) is 0 Å². The highest BCUT2D eigenvalue weighted by molar-refractivity contribution is 7.00. The zero-order valence-electron chi connectivity index (χ0n) is 58.5. The minimum absolute atomic E-state index is 0.0121. The first kappa shape index (κ1) is 60.9. The summed E-state index contributed by atoms with van der Waals surface area (Å²) in [5.41, 5.74) is 29.5. The van der Waals surface area contributed by atoms with Crippen molar-refractivity contribution in [1.82, 2.24) is 4.57 Å². The molecule has 0 spiro atoms. The van der Waals surface area contributed by atoms with E-state index in [2.05, 4.69) is 377 Å². The third-order valence-electron chi connectivity index (χ3n) is 20.8. The zero-order chi connectivity index (χ0) is 66.7. The van der Waals surface area contributed by atoms with Gasteiger partial charge in [0.2, 0.25) is 0 Å². The van der Waals surface area contributed by atoms with Gasteiger partial charge in [0.25, 0.3) is 6.71 Å². The Morgan fingerprint density at radius 1 is 0.292 bits per heavy atom. The van der Waals surface area contributed by atoms with Crippen LogP contribution in [0.3, 0.4) is 0 Å². The number of hydrogen-bond acceptors (Lipinski definition) is 4. The maximum atomic E-state index is 2.72. The van der Waals surface area contributed by atoms with Gasteiger partial charge in [-0.3, -0.25) is 0 Å². The molecule has 474 valence electrons. The molecule has 0 bridgehead atoms. The number of benzene rings is 12. The molecule has 3 aliphatic heterocycles. The standard InChI is InChI=1S/C90H86BN5/c1-86(2,3)61-34-41-68(42-35-61)92(69-43-36-62(37-44-69)87(4,5)6)71-45-46-75-78(54-71)94(70-39-32-58(33-40-70)60-31-30-57-24-22-23-25-59(57)48-60)79-55-72(93(66-26-18-16-19-27-66)67-28-20-17-21-29-67)56-80-83(79)91(75)76-51-65(90(13,14)15)53-82-85(76)96(80)81-52-64(89(10,11)12)50-74-73-49-63(88(7,8)9)38-47-77(73)95(82)84(74)81/h16-56H,1-15H3. The summed E-state index contributed by atoms with van der Waals surface area (Å²) in [5, 5.41) is 5.04. The van der Waals surface area contributed by atoms with Crippen molar-refractivity contribution in [3.63, 3.8) is 0 Å². The largest absolute Gasteiger partial charge is 0.311 e. The molecule has 96 heavy (non-hydrogen) atoms. The quantitative estimate of drug-likeness (QED) is 0.141. The highest BCUT2D eigenvalue weighted by Crippen LogP contribution is 2.56. The predicted octanol–water partition coefficient (Wildman–Crippen LogP) is 23.4. The molecule has 16 rings (SSSR count). The lowest BCUT2D eigenvalue weighted by atomic mass is 9.33. The topological polar surface area (TPSA) is 17.9 Å². The van der Waals surface area contributed by atoms with Crippen LogP contribution in [0.15, 0.2) is 249 Å². The Bertz CT molecular complexity index is 5140. The molecule has 12 aromatic carbocycles. The Labute approximate surface area is 569 Å². The number of hydrogen-bond donors (Lipinski definition) is 0. The van der Waals surface area contributed by atoms with Gasteiger partial charge in [-0.1, -0.05) is 231 Å². The van der Waals surface area contributed by atoms with Gasteiger partial charge >= 0.3 is 0 Å². The first-order chi connectivity index (χ1) is 45.8. The van der Waals surface area contributed by atoms with Crippen molar-refractivity contribution < 1.29 is 0 Å². The fraction of sp³-hybridized carbons (Fsp3) is 0.222. The van der Waals surface area contributed by atoms with Crippen molar-refractivity contribution in [3.8, 4) is 16.8 Å². The molecule has 0 aliphatic carbocycles. The fourth-order valence-electron chi connectivity index (χ4n) is 15.4. The molecule has 5 nitrogen and oxygen atoms in total. The predicted molar refractivity (Wildman–Crippen MR) is 414 cm³/mol. The average molecular weight is 1250 g/mol. The molecule has 0 saturated carbocycles. The van der Waals surface area contributed by atoms with E-state index in [1.807, 2.05) is 0 Å². The van der Waals surface area contributed by atoms with Crippen LogP contribution in [0.2, 0.25) is 0 Å². The Kier molecular flexibility index (Phi) is 13.8. The number of anilines is 12. The van der Waals surface area contributed by atoms with E-state index in [1.54, 1.807) is 0 Å². The van der Waals surface area contributed by atoms with Crippen LogP contribution >= 0.6 is 0 Å². The maximum absolute atomic E-state index is 2.72. The molecule has 0 saturated heterocycles. The van der Waals surface area contributed by atoms with Crippen LogP contribution in [0.4, 0.5) is 68.2 Å². The minimum atomic E-state index is -0.196. The Hall–Kier alpha value is -10.0. The van der Waals surface area contributed by atoms with Crippen molar-refractivity contribution in [3.05, 3.63) is 277 Å². The average Bonchev–Trinajstić information content (AvgIpc) is 1.18. The first-order valence-corrected chi connectivity index (χ1v) is 34.5. The highest BCUT2D eigenvalue weighted by Gasteiger charge is 2.48. The van der Waals surface area contributed by atoms with Crippen LogP contribution in [0.25, 0.3) is 49.4 Å². The molecule has 4 heterocycles. The molecule has 3 aliphatic rings. The molecule has 6 heteroatoms. The zero-order valence-corrected chi connectivity index (χ0v) is 58.5. The van der Waals surface area contributed by atoms with Gasteiger partial charge in [0.1, 0.15) is 0 Å². The SMILES string of the molecule is CC(C)(C)c1ccc(N(c2ccc(C(C)(C)C)cc2)c2ccc3c(c2)N(c2ccc(-c4ccc5ccccc5c4)cc2)c2cc(N(c4ccccc4)c4ccccc4)cc4c2B3c2cc(C(C)(C)C)cc3c2N4c2cc(C(C)(C)C)cc4c5cc(C(C)(C)C)ccc5n-3c24)cc1. The summed E-state index contributed by atoms with van der Waals surface area (Å²) in [7, 11) is 0. The summed E-state index contributed by atoms with van der Waals surface area (Å²) in [5.74, 6) is 0. The molecular formula is C90H86BN5. The third-order valence-corrected chi connectivity index (χ3v) is 20.8. The Morgan fingerprint density at radius 2 is 0.760 bits per heavy atom. The van der Waals surface area contributed by atoms with Crippen LogP contribution in [0.1, 0.15) is 132 Å². The Morgan fingerprint density at radius 3 is 1.34 bits per heavy atom. The van der Waals surface area contributed by atoms with E-state index in [1.165, 1.54) is 111 Å². The number of aromatic nitrogens is 1. The van der Waals surface area contributed by atoms with E-state index in [-0.39, 0.29) is 33.8 Å². The lowest BCUT2D eigenvalue weighted by Crippen LogP contribution is -2.62. The number of fused-ring (bicyclic) bond motifs is 10. The summed E-state index contributed by atoms with van der Waals surface area (Å²) in [6.07, 6.45) is 0. The van der Waals surface area contributed by atoms with Crippen molar-refractivity contribution in [2.75, 3.05) is 19.6 Å². The van der Waals surface area contributed by atoms with Gasteiger partial charge in [-0.05, 0) is 215 Å². The summed E-state index contributed by atoms with van der Waals surface area (Å²) in [4.78, 5) is 10.3. The van der Waals surface area contributed by atoms with Crippen molar-refractivity contribution in [2.45, 2.75) is 131 Å². The molecule has 0 N–H and O–H groups in total. The van der Waals surface area contributed by atoms with Gasteiger partial charge < -0.3 is 24.2 Å². The smallest absolute Gasteiger partial charge is 0.252 e. The minimum Gasteiger partial charge on any atom is -0.311 e. The molecule has 0 amide bonds.